The molecule has 0 radical (unpaired) electrons. The van der Waals surface area contributed by atoms with Crippen molar-refractivity contribution in [2.75, 3.05) is 0 Å². The fraction of sp³-hybridized carbons (Fsp3) is 0.364. The number of rotatable bonds is 4. The average molecular weight is 295 g/mol. The van der Waals surface area contributed by atoms with Gasteiger partial charge < -0.3 is 5.11 Å². The van der Waals surface area contributed by atoms with Gasteiger partial charge in [0, 0.05) is 11.7 Å². The van der Waals surface area contributed by atoms with Crippen molar-refractivity contribution in [2.45, 2.75) is 37.1 Å². The van der Waals surface area contributed by atoms with Crippen molar-refractivity contribution < 1.29 is 9.90 Å². The van der Waals surface area contributed by atoms with E-state index >= 15 is 0 Å². The molecule has 2 N–H and O–H groups in total. The Balaban J connectivity index is 2.40. The van der Waals surface area contributed by atoms with Crippen LogP contribution in [0.1, 0.15) is 36.1 Å². The Labute approximate surface area is 118 Å². The van der Waals surface area contributed by atoms with Crippen LogP contribution in [0, 0.1) is 6.92 Å². The fourth-order valence-corrected chi connectivity index (χ4v) is 2.58. The molecule has 2 heterocycles. The molecule has 2 aromatic heterocycles. The van der Waals surface area contributed by atoms with Gasteiger partial charge in [0.15, 0.2) is 16.0 Å². The highest BCUT2D eigenvalue weighted by Gasteiger charge is 2.16. The molecule has 0 aromatic carbocycles. The summed E-state index contributed by atoms with van der Waals surface area (Å²) in [6.07, 6.45) is 0. The number of nitrogens with zero attached hydrogens (tertiary/aromatic N) is 4. The number of aromatic carboxylic acids is 1. The maximum atomic E-state index is 11.6. The molecule has 0 aliphatic carbocycles. The number of hydrogen-bond acceptors (Lipinski definition) is 6. The van der Waals surface area contributed by atoms with Crippen LogP contribution in [0.25, 0.3) is 0 Å². The summed E-state index contributed by atoms with van der Waals surface area (Å²) < 4.78 is 1.46. The smallest absolute Gasteiger partial charge is 0.354 e. The van der Waals surface area contributed by atoms with Crippen molar-refractivity contribution in [3.63, 3.8) is 0 Å². The molecular weight excluding hydrogens is 282 g/mol. The Hall–Kier alpha value is -2.16. The highest BCUT2D eigenvalue weighted by Crippen LogP contribution is 2.23. The number of carboxylic acid groups (broad SMARTS) is 1. The topological polar surface area (TPSA) is 114 Å². The van der Waals surface area contributed by atoms with Gasteiger partial charge in [-0.1, -0.05) is 0 Å². The highest BCUT2D eigenvalue weighted by atomic mass is 32.2. The Morgan fingerprint density at radius 1 is 1.45 bits per heavy atom. The van der Waals surface area contributed by atoms with Crippen LogP contribution in [0.3, 0.4) is 0 Å². The normalized spacial score (nSPS) is 11.0. The van der Waals surface area contributed by atoms with Crippen molar-refractivity contribution >= 4 is 17.7 Å². The van der Waals surface area contributed by atoms with Crippen molar-refractivity contribution in [1.29, 1.82) is 0 Å². The van der Waals surface area contributed by atoms with Crippen LogP contribution in [0.4, 0.5) is 0 Å². The molecule has 0 atom stereocenters. The molecule has 0 saturated heterocycles. The van der Waals surface area contributed by atoms with Crippen molar-refractivity contribution in [2.24, 2.45) is 0 Å². The van der Waals surface area contributed by atoms with Crippen LogP contribution in [0.2, 0.25) is 0 Å². The van der Waals surface area contributed by atoms with Gasteiger partial charge in [0.1, 0.15) is 0 Å². The Morgan fingerprint density at radius 2 is 2.15 bits per heavy atom. The number of aryl methyl sites for hydroxylation is 1. The van der Waals surface area contributed by atoms with Gasteiger partial charge in [-0.25, -0.2) is 24.7 Å². The van der Waals surface area contributed by atoms with E-state index in [0.29, 0.717) is 10.9 Å². The summed E-state index contributed by atoms with van der Waals surface area (Å²) in [6.45, 7) is 5.37. The van der Waals surface area contributed by atoms with E-state index in [1.807, 2.05) is 13.8 Å². The van der Waals surface area contributed by atoms with Gasteiger partial charge in [0.25, 0.3) is 0 Å². The third kappa shape index (κ3) is 2.87. The number of hydrogen-bond donors (Lipinski definition) is 2. The maximum absolute atomic E-state index is 11.6. The molecule has 0 saturated carbocycles. The zero-order valence-corrected chi connectivity index (χ0v) is 11.9. The number of H-pyrrole nitrogens is 1. The third-order valence-corrected chi connectivity index (χ3v) is 3.26. The summed E-state index contributed by atoms with van der Waals surface area (Å²) >= 11 is 1.04. The fourth-order valence-electron chi connectivity index (χ4n) is 1.60. The Morgan fingerprint density at radius 3 is 2.75 bits per heavy atom. The van der Waals surface area contributed by atoms with Crippen molar-refractivity contribution in [3.8, 4) is 0 Å². The summed E-state index contributed by atoms with van der Waals surface area (Å²) in [5.41, 5.74) is 0.122. The van der Waals surface area contributed by atoms with Gasteiger partial charge in [0.05, 0.1) is 0 Å². The molecule has 0 bridgehead atoms. The van der Waals surface area contributed by atoms with Crippen molar-refractivity contribution in [1.82, 2.24) is 24.7 Å². The molecule has 106 valence electrons. The maximum Gasteiger partial charge on any atom is 0.354 e. The lowest BCUT2D eigenvalue weighted by molar-refractivity contribution is 0.0689. The first-order chi connectivity index (χ1) is 9.38. The number of carboxylic acids is 1. The zero-order chi connectivity index (χ0) is 14.9. The van der Waals surface area contributed by atoms with E-state index in [1.165, 1.54) is 10.6 Å². The second-order valence-corrected chi connectivity index (χ2v) is 5.29. The van der Waals surface area contributed by atoms with Crippen LogP contribution in [0.15, 0.2) is 21.2 Å². The van der Waals surface area contributed by atoms with Gasteiger partial charge in [-0.15, -0.1) is 5.10 Å². The molecule has 0 fully saturated rings. The molecule has 0 unspecified atom stereocenters. The quantitative estimate of drug-likeness (QED) is 0.812. The molecule has 8 nitrogen and oxygen atoms in total. The van der Waals surface area contributed by atoms with Gasteiger partial charge in [-0.05, 0) is 38.6 Å². The predicted molar refractivity (Wildman–Crippen MR) is 71.1 cm³/mol. The van der Waals surface area contributed by atoms with Crippen LogP contribution in [0.5, 0.6) is 0 Å². The molecule has 0 aliphatic rings. The van der Waals surface area contributed by atoms with E-state index in [9.17, 15) is 9.59 Å². The standard InChI is InChI=1S/C11H13N5O3S/c1-5(2)16-10(19)14-15-11(16)20-9-12-6(3)4-7(13-9)8(17)18/h4-5H,1-3H3,(H,14,19)(H,17,18). The molecule has 0 aliphatic heterocycles. The van der Waals surface area contributed by atoms with E-state index < -0.39 is 5.97 Å². The van der Waals surface area contributed by atoms with Crippen molar-refractivity contribution in [3.05, 3.63) is 27.9 Å². The molecule has 2 aromatic rings. The highest BCUT2D eigenvalue weighted by molar-refractivity contribution is 7.99. The third-order valence-electron chi connectivity index (χ3n) is 2.42. The first-order valence-corrected chi connectivity index (χ1v) is 6.64. The second-order valence-electron chi connectivity index (χ2n) is 4.36. The van der Waals surface area contributed by atoms with Gasteiger partial charge >= 0.3 is 11.7 Å². The summed E-state index contributed by atoms with van der Waals surface area (Å²) in [5.74, 6) is -1.12. The minimum absolute atomic E-state index is 0.0764. The SMILES string of the molecule is Cc1cc(C(=O)O)nc(Sc2n[nH]c(=O)n2C(C)C)n1. The number of carbonyl (C=O) groups is 1. The second kappa shape index (κ2) is 5.45. The lowest BCUT2D eigenvalue weighted by Crippen LogP contribution is -2.19. The number of aromatic amines is 1. The van der Waals surface area contributed by atoms with Crippen LogP contribution in [-0.2, 0) is 0 Å². The Kier molecular flexibility index (Phi) is 3.89. The monoisotopic (exact) mass is 295 g/mol. The molecule has 9 heteroatoms. The van der Waals surface area contributed by atoms with Gasteiger partial charge in [-0.2, -0.15) is 0 Å². The predicted octanol–water partition coefficient (Wildman–Crippen LogP) is 1.10. The number of nitrogens with one attached hydrogen (secondary N) is 1. The number of aromatic nitrogens is 5. The van der Waals surface area contributed by atoms with Crippen LogP contribution in [-0.4, -0.2) is 35.8 Å². The average Bonchev–Trinajstić information content (AvgIpc) is 2.69. The molecule has 0 spiro atoms. The van der Waals surface area contributed by atoms with Gasteiger partial charge in [0.2, 0.25) is 0 Å². The van der Waals surface area contributed by atoms with E-state index in [-0.39, 0.29) is 22.6 Å². The minimum atomic E-state index is -1.12. The molecule has 2 rings (SSSR count). The zero-order valence-electron chi connectivity index (χ0n) is 11.1. The minimum Gasteiger partial charge on any atom is -0.477 e. The lowest BCUT2D eigenvalue weighted by atomic mass is 10.3. The molecule has 20 heavy (non-hydrogen) atoms. The van der Waals surface area contributed by atoms with E-state index in [2.05, 4.69) is 20.2 Å². The molecular formula is C11H13N5O3S. The van der Waals surface area contributed by atoms with Crippen LogP contribution >= 0.6 is 11.8 Å². The van der Waals surface area contributed by atoms with Gasteiger partial charge in [-0.3, -0.25) is 4.57 Å². The lowest BCUT2D eigenvalue weighted by Gasteiger charge is -2.08. The summed E-state index contributed by atoms with van der Waals surface area (Å²) in [6, 6.07) is 1.31. The summed E-state index contributed by atoms with van der Waals surface area (Å²) in [5, 5.41) is 15.9. The van der Waals surface area contributed by atoms with Crippen LogP contribution < -0.4 is 5.69 Å². The Bertz CT molecular complexity index is 706. The van der Waals surface area contributed by atoms with E-state index in [0.717, 1.165) is 11.8 Å². The summed E-state index contributed by atoms with van der Waals surface area (Å²) in [7, 11) is 0. The summed E-state index contributed by atoms with van der Waals surface area (Å²) in [4.78, 5) is 30.6. The first-order valence-electron chi connectivity index (χ1n) is 5.82. The molecule has 0 amide bonds. The largest absolute Gasteiger partial charge is 0.477 e. The van der Waals surface area contributed by atoms with E-state index in [1.54, 1.807) is 6.92 Å². The van der Waals surface area contributed by atoms with E-state index in [4.69, 9.17) is 5.11 Å². The first kappa shape index (κ1) is 14.3.